The number of nitrogens with one attached hydrogen (secondary N) is 1. The summed E-state index contributed by atoms with van der Waals surface area (Å²) in [5.74, 6) is 4.15. The number of hydrogen-bond donors (Lipinski definition) is 2. The lowest BCUT2D eigenvalue weighted by Gasteiger charge is -2.35. The van der Waals surface area contributed by atoms with Gasteiger partial charge in [-0.25, -0.2) is 0 Å². The summed E-state index contributed by atoms with van der Waals surface area (Å²) in [7, 11) is 0. The normalized spacial score (nSPS) is 16.9. The van der Waals surface area contributed by atoms with Crippen molar-refractivity contribution in [3.05, 3.63) is 0 Å². The summed E-state index contributed by atoms with van der Waals surface area (Å²) in [6, 6.07) is 0. The lowest BCUT2D eigenvalue weighted by molar-refractivity contribution is -0.162. The Morgan fingerprint density at radius 2 is 2.13 bits per heavy atom. The Morgan fingerprint density at radius 3 is 2.53 bits per heavy atom. The molecule has 1 fully saturated rings. The Balaban J connectivity index is 2.44. The number of aliphatic carboxylic acids is 1. The molecule has 0 radical (unpaired) electrons. The minimum absolute atomic E-state index is 0.362. The third-order valence-electron chi connectivity index (χ3n) is 2.76. The van der Waals surface area contributed by atoms with Crippen LogP contribution in [0.1, 0.15) is 32.6 Å². The fourth-order valence-electron chi connectivity index (χ4n) is 1.60. The molecular formula is C11H15NO3. The van der Waals surface area contributed by atoms with Crippen LogP contribution in [0.25, 0.3) is 0 Å². The molecule has 1 aliphatic rings. The molecule has 15 heavy (non-hydrogen) atoms. The number of carboxylic acids is 1. The van der Waals surface area contributed by atoms with E-state index in [9.17, 15) is 9.59 Å². The topological polar surface area (TPSA) is 66.4 Å². The fourth-order valence-corrected chi connectivity index (χ4v) is 1.60. The van der Waals surface area contributed by atoms with Crippen LogP contribution in [-0.4, -0.2) is 23.5 Å². The second-order valence-corrected chi connectivity index (χ2v) is 3.67. The lowest BCUT2D eigenvalue weighted by atomic mass is 9.68. The standard InChI is InChI=1S/C11H15NO3/c1-2-3-4-8-12-9(13)11(10(14)15)6-5-7-11/h4-8H2,1H3,(H,12,13)(H,14,15). The Morgan fingerprint density at radius 1 is 1.47 bits per heavy atom. The highest BCUT2D eigenvalue weighted by Gasteiger charge is 2.50. The molecule has 0 unspecified atom stereocenters. The van der Waals surface area contributed by atoms with Crippen LogP contribution < -0.4 is 5.32 Å². The van der Waals surface area contributed by atoms with E-state index < -0.39 is 11.4 Å². The summed E-state index contributed by atoms with van der Waals surface area (Å²) >= 11 is 0. The first-order chi connectivity index (χ1) is 7.13. The molecule has 4 heteroatoms. The average molecular weight is 209 g/mol. The molecule has 1 amide bonds. The van der Waals surface area contributed by atoms with Gasteiger partial charge in [-0.05, 0) is 19.8 Å². The van der Waals surface area contributed by atoms with Gasteiger partial charge in [-0.3, -0.25) is 9.59 Å². The van der Waals surface area contributed by atoms with Gasteiger partial charge in [0.05, 0.1) is 0 Å². The predicted molar refractivity (Wildman–Crippen MR) is 55.0 cm³/mol. The molecule has 1 rings (SSSR count). The van der Waals surface area contributed by atoms with Gasteiger partial charge in [0, 0.05) is 13.0 Å². The minimum atomic E-state index is -1.15. The molecule has 0 atom stereocenters. The molecule has 0 heterocycles. The highest BCUT2D eigenvalue weighted by molar-refractivity contribution is 6.02. The molecule has 82 valence electrons. The van der Waals surface area contributed by atoms with Gasteiger partial charge in [-0.1, -0.05) is 6.42 Å². The molecule has 0 spiro atoms. The van der Waals surface area contributed by atoms with Crippen molar-refractivity contribution >= 4 is 11.9 Å². The van der Waals surface area contributed by atoms with Gasteiger partial charge in [0.25, 0.3) is 0 Å². The summed E-state index contributed by atoms with van der Waals surface area (Å²) in [6.07, 6.45) is 2.29. The first-order valence-electron chi connectivity index (χ1n) is 5.05. The van der Waals surface area contributed by atoms with Gasteiger partial charge in [0.2, 0.25) is 5.91 Å². The lowest BCUT2D eigenvalue weighted by Crippen LogP contribution is -2.51. The van der Waals surface area contributed by atoms with Crippen LogP contribution in [0, 0.1) is 17.3 Å². The second kappa shape index (κ2) is 4.83. The summed E-state index contributed by atoms with van der Waals surface area (Å²) in [6.45, 7) is 2.15. The van der Waals surface area contributed by atoms with Gasteiger partial charge in [0.1, 0.15) is 5.41 Å². The van der Waals surface area contributed by atoms with Crippen molar-refractivity contribution in [1.82, 2.24) is 5.32 Å². The van der Waals surface area contributed by atoms with Crippen molar-refractivity contribution in [1.29, 1.82) is 0 Å². The SMILES string of the molecule is CC#CCCNC(=O)C1(C(=O)O)CCC1. The largest absolute Gasteiger partial charge is 0.480 e. The smallest absolute Gasteiger partial charge is 0.319 e. The molecule has 0 aromatic carbocycles. The summed E-state index contributed by atoms with van der Waals surface area (Å²) in [5.41, 5.74) is -1.15. The number of carbonyl (C=O) groups is 2. The molecule has 2 N–H and O–H groups in total. The van der Waals surface area contributed by atoms with Crippen molar-refractivity contribution in [3.8, 4) is 11.8 Å². The molecule has 1 aliphatic carbocycles. The maximum atomic E-state index is 11.6. The minimum Gasteiger partial charge on any atom is -0.480 e. The van der Waals surface area contributed by atoms with Crippen molar-refractivity contribution in [2.45, 2.75) is 32.6 Å². The highest BCUT2D eigenvalue weighted by Crippen LogP contribution is 2.41. The van der Waals surface area contributed by atoms with Crippen molar-refractivity contribution in [2.75, 3.05) is 6.54 Å². The maximum absolute atomic E-state index is 11.6. The number of carboxylic acid groups (broad SMARTS) is 1. The van der Waals surface area contributed by atoms with Gasteiger partial charge in [-0.2, -0.15) is 0 Å². The van der Waals surface area contributed by atoms with Crippen LogP contribution in [-0.2, 0) is 9.59 Å². The van der Waals surface area contributed by atoms with E-state index >= 15 is 0 Å². The van der Waals surface area contributed by atoms with Crippen molar-refractivity contribution < 1.29 is 14.7 Å². The number of amides is 1. The van der Waals surface area contributed by atoms with E-state index in [2.05, 4.69) is 17.2 Å². The molecule has 0 bridgehead atoms. The van der Waals surface area contributed by atoms with Gasteiger partial charge in [0.15, 0.2) is 0 Å². The van der Waals surface area contributed by atoms with Crippen molar-refractivity contribution in [3.63, 3.8) is 0 Å². The quantitative estimate of drug-likeness (QED) is 0.408. The van der Waals surface area contributed by atoms with Crippen LogP contribution in [0.3, 0.4) is 0 Å². The van der Waals surface area contributed by atoms with E-state index in [4.69, 9.17) is 5.11 Å². The van der Waals surface area contributed by atoms with Crippen LogP contribution in [0.5, 0.6) is 0 Å². The molecular weight excluding hydrogens is 194 g/mol. The molecule has 1 saturated carbocycles. The third-order valence-corrected chi connectivity index (χ3v) is 2.76. The van der Waals surface area contributed by atoms with Crippen LogP contribution in [0.15, 0.2) is 0 Å². The van der Waals surface area contributed by atoms with Crippen molar-refractivity contribution in [2.24, 2.45) is 5.41 Å². The molecule has 0 aromatic heterocycles. The van der Waals surface area contributed by atoms with Gasteiger partial charge < -0.3 is 10.4 Å². The van der Waals surface area contributed by atoms with E-state index in [1.165, 1.54) is 0 Å². The molecule has 0 saturated heterocycles. The zero-order valence-electron chi connectivity index (χ0n) is 8.80. The van der Waals surface area contributed by atoms with E-state index in [0.717, 1.165) is 6.42 Å². The first-order valence-corrected chi connectivity index (χ1v) is 5.05. The monoisotopic (exact) mass is 209 g/mol. The summed E-state index contributed by atoms with van der Waals surface area (Å²) in [4.78, 5) is 22.6. The van der Waals surface area contributed by atoms with Gasteiger partial charge in [-0.15, -0.1) is 11.8 Å². The average Bonchev–Trinajstić information content (AvgIpc) is 2.10. The fraction of sp³-hybridized carbons (Fsp3) is 0.636. The van der Waals surface area contributed by atoms with Crippen LogP contribution in [0.2, 0.25) is 0 Å². The maximum Gasteiger partial charge on any atom is 0.319 e. The third kappa shape index (κ3) is 2.30. The van der Waals surface area contributed by atoms with E-state index in [-0.39, 0.29) is 5.91 Å². The molecule has 0 aromatic rings. The Bertz CT molecular complexity index is 320. The highest BCUT2D eigenvalue weighted by atomic mass is 16.4. The van der Waals surface area contributed by atoms with E-state index in [1.807, 2.05) is 0 Å². The molecule has 4 nitrogen and oxygen atoms in total. The predicted octanol–water partition coefficient (Wildman–Crippen LogP) is 0.771. The van der Waals surface area contributed by atoms with Crippen LogP contribution >= 0.6 is 0 Å². The number of carbonyl (C=O) groups excluding carboxylic acids is 1. The van der Waals surface area contributed by atoms with E-state index in [1.54, 1.807) is 6.92 Å². The van der Waals surface area contributed by atoms with Crippen LogP contribution in [0.4, 0.5) is 0 Å². The second-order valence-electron chi connectivity index (χ2n) is 3.67. The molecule has 0 aliphatic heterocycles. The Hall–Kier alpha value is -1.50. The number of hydrogen-bond acceptors (Lipinski definition) is 2. The number of rotatable bonds is 4. The Kier molecular flexibility index (Phi) is 3.73. The Labute approximate surface area is 89.0 Å². The van der Waals surface area contributed by atoms with E-state index in [0.29, 0.717) is 25.8 Å². The van der Waals surface area contributed by atoms with Gasteiger partial charge >= 0.3 is 5.97 Å². The summed E-state index contributed by atoms with van der Waals surface area (Å²) in [5, 5.41) is 11.6. The zero-order valence-corrected chi connectivity index (χ0v) is 8.80. The summed E-state index contributed by atoms with van der Waals surface area (Å²) < 4.78 is 0. The first kappa shape index (κ1) is 11.6. The zero-order chi connectivity index (χ0) is 11.3.